The van der Waals surface area contributed by atoms with Crippen LogP contribution in [0.1, 0.15) is 11.1 Å². The molecule has 4 nitrogen and oxygen atoms in total. The number of carboxylic acids is 1. The van der Waals surface area contributed by atoms with E-state index < -0.39 is 11.9 Å². The fourth-order valence-electron chi connectivity index (χ4n) is 1.24. The smallest absolute Gasteiger partial charge is 0.394 e. The van der Waals surface area contributed by atoms with E-state index in [0.717, 1.165) is 11.1 Å². The van der Waals surface area contributed by atoms with Crippen molar-refractivity contribution in [3.05, 3.63) is 27.7 Å². The van der Waals surface area contributed by atoms with E-state index in [0.29, 0.717) is 10.2 Å². The molecule has 0 heterocycles. The maximum absolute atomic E-state index is 11.0. The van der Waals surface area contributed by atoms with Crippen LogP contribution in [0, 0.1) is 13.8 Å². The molecule has 1 aromatic rings. The number of carbonyl (C=O) groups excluding carboxylic acids is 1. The van der Waals surface area contributed by atoms with E-state index in [1.807, 2.05) is 19.1 Å². The topological polar surface area (TPSA) is 66.4 Å². The second-order valence-corrected chi connectivity index (χ2v) is 4.05. The Bertz CT molecular complexity index is 406. The molecule has 15 heavy (non-hydrogen) atoms. The van der Waals surface area contributed by atoms with Crippen molar-refractivity contribution in [2.45, 2.75) is 13.8 Å². The Morgan fingerprint density at radius 3 is 2.40 bits per heavy atom. The molecule has 80 valence electrons. The van der Waals surface area contributed by atoms with Gasteiger partial charge in [-0.3, -0.25) is 4.79 Å². The highest BCUT2D eigenvalue weighted by molar-refractivity contribution is 9.10. The monoisotopic (exact) mass is 271 g/mol. The predicted molar refractivity (Wildman–Crippen MR) is 59.9 cm³/mol. The van der Waals surface area contributed by atoms with Gasteiger partial charge < -0.3 is 10.4 Å². The van der Waals surface area contributed by atoms with E-state index in [2.05, 4.69) is 21.2 Å². The zero-order valence-electron chi connectivity index (χ0n) is 8.30. The first-order chi connectivity index (χ1) is 6.91. The summed E-state index contributed by atoms with van der Waals surface area (Å²) in [6.07, 6.45) is 0. The van der Waals surface area contributed by atoms with Gasteiger partial charge in [-0.15, -0.1) is 0 Å². The van der Waals surface area contributed by atoms with Crippen molar-refractivity contribution in [2.24, 2.45) is 0 Å². The third-order valence-electron chi connectivity index (χ3n) is 1.86. The Morgan fingerprint density at radius 1 is 1.33 bits per heavy atom. The van der Waals surface area contributed by atoms with E-state index >= 15 is 0 Å². The minimum absolute atomic E-state index is 0.494. The third kappa shape index (κ3) is 2.79. The molecule has 0 radical (unpaired) electrons. The maximum atomic E-state index is 11.0. The van der Waals surface area contributed by atoms with Crippen molar-refractivity contribution in [2.75, 3.05) is 5.32 Å². The zero-order chi connectivity index (χ0) is 11.6. The first-order valence-electron chi connectivity index (χ1n) is 4.23. The molecule has 0 aromatic heterocycles. The molecular weight excluding hydrogens is 262 g/mol. The summed E-state index contributed by atoms with van der Waals surface area (Å²) in [5, 5.41) is 10.8. The average Bonchev–Trinajstić information content (AvgIpc) is 2.10. The minimum atomic E-state index is -1.50. The molecule has 0 bridgehead atoms. The molecule has 0 unspecified atom stereocenters. The van der Waals surface area contributed by atoms with E-state index in [1.165, 1.54) is 0 Å². The van der Waals surface area contributed by atoms with Crippen LogP contribution in [0.25, 0.3) is 0 Å². The standard InChI is InChI=1S/C10H10BrNO3/c1-5-3-6(2)8(7(11)4-5)12-9(13)10(14)15/h3-4H,1-2H3,(H,12,13)(H,14,15). The van der Waals surface area contributed by atoms with Gasteiger partial charge in [0.25, 0.3) is 0 Å². The summed E-state index contributed by atoms with van der Waals surface area (Å²) in [6.45, 7) is 3.72. The molecule has 0 aliphatic carbocycles. The Morgan fingerprint density at radius 2 is 1.93 bits per heavy atom. The lowest BCUT2D eigenvalue weighted by Gasteiger charge is -2.09. The van der Waals surface area contributed by atoms with Crippen LogP contribution in [0.2, 0.25) is 0 Å². The van der Waals surface area contributed by atoms with Crippen LogP contribution in [0.5, 0.6) is 0 Å². The lowest BCUT2D eigenvalue weighted by molar-refractivity contribution is -0.147. The molecule has 1 rings (SSSR count). The highest BCUT2D eigenvalue weighted by Gasteiger charge is 2.14. The van der Waals surface area contributed by atoms with Crippen molar-refractivity contribution >= 4 is 33.5 Å². The first kappa shape index (κ1) is 11.7. The van der Waals surface area contributed by atoms with Gasteiger partial charge in [0.2, 0.25) is 0 Å². The van der Waals surface area contributed by atoms with Crippen LogP contribution in [0.15, 0.2) is 16.6 Å². The number of carbonyl (C=O) groups is 2. The Labute approximate surface area is 95.4 Å². The molecule has 0 aliphatic rings. The van der Waals surface area contributed by atoms with Gasteiger partial charge in [-0.2, -0.15) is 0 Å². The number of rotatable bonds is 1. The lowest BCUT2D eigenvalue weighted by Crippen LogP contribution is -2.22. The van der Waals surface area contributed by atoms with Crippen molar-refractivity contribution in [3.8, 4) is 0 Å². The predicted octanol–water partition coefficient (Wildman–Crippen LogP) is 2.09. The Kier molecular flexibility index (Phi) is 3.47. The number of hydrogen-bond donors (Lipinski definition) is 2. The summed E-state index contributed by atoms with van der Waals surface area (Å²) in [7, 11) is 0. The van der Waals surface area contributed by atoms with Crippen molar-refractivity contribution in [3.63, 3.8) is 0 Å². The quantitative estimate of drug-likeness (QED) is 0.769. The average molecular weight is 272 g/mol. The van der Waals surface area contributed by atoms with Gasteiger partial charge in [0.05, 0.1) is 5.69 Å². The number of carboxylic acid groups (broad SMARTS) is 1. The first-order valence-corrected chi connectivity index (χ1v) is 5.02. The molecule has 1 amide bonds. The van der Waals surface area contributed by atoms with E-state index in [9.17, 15) is 9.59 Å². The lowest BCUT2D eigenvalue weighted by atomic mass is 10.1. The van der Waals surface area contributed by atoms with Crippen LogP contribution in [0.4, 0.5) is 5.69 Å². The number of aryl methyl sites for hydroxylation is 2. The number of halogens is 1. The summed E-state index contributed by atoms with van der Waals surface area (Å²) in [6, 6.07) is 3.67. The Hall–Kier alpha value is -1.36. The van der Waals surface area contributed by atoms with Gasteiger partial charge in [-0.05, 0) is 47.0 Å². The van der Waals surface area contributed by atoms with Crippen LogP contribution in [-0.2, 0) is 9.59 Å². The molecule has 0 fully saturated rings. The summed E-state index contributed by atoms with van der Waals surface area (Å²) < 4.78 is 0.676. The zero-order valence-corrected chi connectivity index (χ0v) is 9.88. The number of hydrogen-bond acceptors (Lipinski definition) is 2. The highest BCUT2D eigenvalue weighted by Crippen LogP contribution is 2.27. The van der Waals surface area contributed by atoms with E-state index in [4.69, 9.17) is 5.11 Å². The van der Waals surface area contributed by atoms with Gasteiger partial charge >= 0.3 is 11.9 Å². The van der Waals surface area contributed by atoms with Crippen LogP contribution < -0.4 is 5.32 Å². The fraction of sp³-hybridized carbons (Fsp3) is 0.200. The number of benzene rings is 1. The van der Waals surface area contributed by atoms with Crippen LogP contribution in [0.3, 0.4) is 0 Å². The van der Waals surface area contributed by atoms with Gasteiger partial charge in [-0.1, -0.05) is 6.07 Å². The summed E-state index contributed by atoms with van der Waals surface area (Å²) >= 11 is 3.27. The second-order valence-electron chi connectivity index (χ2n) is 3.20. The Balaban J connectivity index is 3.05. The van der Waals surface area contributed by atoms with Crippen molar-refractivity contribution < 1.29 is 14.7 Å². The SMILES string of the molecule is Cc1cc(C)c(NC(=O)C(=O)O)c(Br)c1. The third-order valence-corrected chi connectivity index (χ3v) is 2.49. The second kappa shape index (κ2) is 4.44. The van der Waals surface area contributed by atoms with Crippen molar-refractivity contribution in [1.82, 2.24) is 0 Å². The maximum Gasteiger partial charge on any atom is 0.394 e. The number of nitrogens with one attached hydrogen (secondary N) is 1. The number of aliphatic carboxylic acids is 1. The molecule has 0 atom stereocenters. The fourth-order valence-corrected chi connectivity index (χ4v) is 2.01. The van der Waals surface area contributed by atoms with E-state index in [1.54, 1.807) is 6.92 Å². The summed E-state index contributed by atoms with van der Waals surface area (Å²) in [5.74, 6) is -2.54. The van der Waals surface area contributed by atoms with E-state index in [-0.39, 0.29) is 0 Å². The van der Waals surface area contributed by atoms with Gasteiger partial charge in [0.1, 0.15) is 0 Å². The molecule has 2 N–H and O–H groups in total. The highest BCUT2D eigenvalue weighted by atomic mass is 79.9. The van der Waals surface area contributed by atoms with Crippen LogP contribution in [-0.4, -0.2) is 17.0 Å². The molecule has 1 aromatic carbocycles. The van der Waals surface area contributed by atoms with Crippen molar-refractivity contribution in [1.29, 1.82) is 0 Å². The molecule has 0 spiro atoms. The largest absolute Gasteiger partial charge is 0.474 e. The molecule has 0 saturated heterocycles. The molecule has 0 saturated carbocycles. The van der Waals surface area contributed by atoms with Gasteiger partial charge in [-0.25, -0.2) is 4.79 Å². The summed E-state index contributed by atoms with van der Waals surface area (Å²) in [5.41, 5.74) is 2.34. The number of anilines is 1. The molecule has 0 aliphatic heterocycles. The number of amides is 1. The van der Waals surface area contributed by atoms with Crippen LogP contribution >= 0.6 is 15.9 Å². The van der Waals surface area contributed by atoms with Gasteiger partial charge in [0.15, 0.2) is 0 Å². The molecular formula is C10H10BrNO3. The summed E-state index contributed by atoms with van der Waals surface area (Å²) in [4.78, 5) is 21.3. The normalized spacial score (nSPS) is 9.80. The molecule has 5 heteroatoms. The van der Waals surface area contributed by atoms with Gasteiger partial charge in [0, 0.05) is 4.47 Å². The minimum Gasteiger partial charge on any atom is -0.474 e.